The third-order valence-electron chi connectivity index (χ3n) is 6.98. The molecule has 2 saturated heterocycles. The highest BCUT2D eigenvalue weighted by atomic mass is 19.1. The second-order valence-electron chi connectivity index (χ2n) is 9.33. The van der Waals surface area contributed by atoms with Crippen molar-refractivity contribution in [2.24, 2.45) is 5.92 Å². The van der Waals surface area contributed by atoms with Crippen molar-refractivity contribution >= 4 is 17.7 Å². The summed E-state index contributed by atoms with van der Waals surface area (Å²) in [6.07, 6.45) is 4.13. The summed E-state index contributed by atoms with van der Waals surface area (Å²) < 4.78 is 14.1. The molecule has 6 nitrogen and oxygen atoms in total. The zero-order valence-electron chi connectivity index (χ0n) is 17.8. The average Bonchev–Trinajstić information content (AvgIpc) is 3.13. The van der Waals surface area contributed by atoms with E-state index in [9.17, 15) is 18.8 Å². The van der Waals surface area contributed by atoms with Gasteiger partial charge in [-0.3, -0.25) is 19.3 Å². The first-order chi connectivity index (χ1) is 14.3. The van der Waals surface area contributed by atoms with Crippen LogP contribution in [0, 0.1) is 11.7 Å². The van der Waals surface area contributed by atoms with Gasteiger partial charge in [-0.05, 0) is 57.0 Å². The van der Waals surface area contributed by atoms with E-state index < -0.39 is 11.2 Å². The second kappa shape index (κ2) is 8.10. The molecule has 1 aromatic rings. The number of halogens is 1. The molecular formula is C23H30FN3O3. The first-order valence-electron chi connectivity index (χ1n) is 10.9. The van der Waals surface area contributed by atoms with Gasteiger partial charge in [0.25, 0.3) is 0 Å². The first kappa shape index (κ1) is 21.0. The van der Waals surface area contributed by atoms with E-state index in [0.717, 1.165) is 32.2 Å². The number of hydrogen-bond acceptors (Lipinski definition) is 4. The van der Waals surface area contributed by atoms with Gasteiger partial charge >= 0.3 is 0 Å². The van der Waals surface area contributed by atoms with Gasteiger partial charge in [-0.15, -0.1) is 0 Å². The first-order valence-corrected chi connectivity index (χ1v) is 10.9. The Kier molecular flexibility index (Phi) is 5.66. The fourth-order valence-electron chi connectivity index (χ4n) is 5.38. The van der Waals surface area contributed by atoms with Crippen LogP contribution in [0.4, 0.5) is 4.39 Å². The van der Waals surface area contributed by atoms with Crippen LogP contribution in [0.3, 0.4) is 0 Å². The maximum absolute atomic E-state index is 14.1. The highest BCUT2D eigenvalue weighted by Crippen LogP contribution is 2.42. The summed E-state index contributed by atoms with van der Waals surface area (Å²) in [5.41, 5.74) is -0.900. The lowest BCUT2D eigenvalue weighted by molar-refractivity contribution is -0.143. The van der Waals surface area contributed by atoms with E-state index >= 15 is 0 Å². The highest BCUT2D eigenvalue weighted by molar-refractivity contribution is 6.10. The number of imide groups is 1. The minimum atomic E-state index is -1.32. The molecule has 0 radical (unpaired) electrons. The summed E-state index contributed by atoms with van der Waals surface area (Å²) in [5.74, 6) is -0.697. The van der Waals surface area contributed by atoms with E-state index in [1.165, 1.54) is 17.0 Å². The molecule has 0 aromatic heterocycles. The van der Waals surface area contributed by atoms with Crippen molar-refractivity contribution in [3.8, 4) is 0 Å². The molecule has 7 heteroatoms. The van der Waals surface area contributed by atoms with Crippen molar-refractivity contribution in [3.05, 3.63) is 35.6 Å². The Morgan fingerprint density at radius 2 is 2.07 bits per heavy atom. The van der Waals surface area contributed by atoms with Crippen molar-refractivity contribution in [1.29, 1.82) is 0 Å². The highest BCUT2D eigenvalue weighted by Gasteiger charge is 2.54. The Bertz CT molecular complexity index is 858. The Morgan fingerprint density at radius 1 is 1.27 bits per heavy atom. The van der Waals surface area contributed by atoms with E-state index in [1.807, 2.05) is 23.9 Å². The fourth-order valence-corrected chi connectivity index (χ4v) is 5.38. The molecule has 162 valence electrons. The van der Waals surface area contributed by atoms with Crippen LogP contribution in [-0.2, 0) is 19.8 Å². The third-order valence-corrected chi connectivity index (χ3v) is 6.98. The van der Waals surface area contributed by atoms with E-state index in [4.69, 9.17) is 0 Å². The Hall–Kier alpha value is -2.28. The van der Waals surface area contributed by atoms with Gasteiger partial charge in [-0.25, -0.2) is 4.39 Å². The van der Waals surface area contributed by atoms with Crippen molar-refractivity contribution in [2.45, 2.75) is 50.0 Å². The molecule has 3 fully saturated rings. The largest absolute Gasteiger partial charge is 0.339 e. The second-order valence-corrected chi connectivity index (χ2v) is 9.33. The molecule has 0 unspecified atom stereocenters. The molecule has 2 bridgehead atoms. The number of hydrogen-bond donors (Lipinski definition) is 0. The van der Waals surface area contributed by atoms with Gasteiger partial charge in [0.15, 0.2) is 0 Å². The van der Waals surface area contributed by atoms with Crippen molar-refractivity contribution in [1.82, 2.24) is 14.7 Å². The van der Waals surface area contributed by atoms with Crippen LogP contribution in [0.2, 0.25) is 0 Å². The molecule has 3 aliphatic rings. The number of carbonyl (C=O) groups excluding carboxylic acids is 3. The minimum absolute atomic E-state index is 0.0806. The number of rotatable bonds is 6. The maximum atomic E-state index is 14.1. The predicted molar refractivity (Wildman–Crippen MR) is 110 cm³/mol. The lowest BCUT2D eigenvalue weighted by atomic mass is 9.75. The fraction of sp³-hybridized carbons (Fsp3) is 0.609. The number of carbonyl (C=O) groups is 3. The quantitative estimate of drug-likeness (QED) is 0.668. The molecule has 30 heavy (non-hydrogen) atoms. The molecule has 0 spiro atoms. The monoisotopic (exact) mass is 415 g/mol. The topological polar surface area (TPSA) is 60.9 Å². The van der Waals surface area contributed by atoms with Crippen molar-refractivity contribution in [3.63, 3.8) is 0 Å². The number of fused-ring (bicyclic) bond motifs is 2. The number of amides is 3. The summed E-state index contributed by atoms with van der Waals surface area (Å²) in [6.45, 7) is 1.54. The van der Waals surface area contributed by atoms with Crippen LogP contribution in [0.25, 0.3) is 0 Å². The van der Waals surface area contributed by atoms with Crippen LogP contribution >= 0.6 is 0 Å². The SMILES string of the molecule is CN(C)CCN1C(=O)C[C@@](CC(=O)N2C[C@H]3CCC[C@H]2C3)(c2cccc(F)c2)C1=O. The van der Waals surface area contributed by atoms with E-state index in [0.29, 0.717) is 18.0 Å². The van der Waals surface area contributed by atoms with Gasteiger partial charge in [0.05, 0.1) is 5.41 Å². The molecule has 1 aromatic carbocycles. The smallest absolute Gasteiger partial charge is 0.240 e. The molecule has 0 N–H and O–H groups in total. The minimum Gasteiger partial charge on any atom is -0.339 e. The van der Waals surface area contributed by atoms with Gasteiger partial charge in [-0.1, -0.05) is 18.6 Å². The lowest BCUT2D eigenvalue weighted by Crippen LogP contribution is -2.45. The molecule has 3 amide bonds. The van der Waals surface area contributed by atoms with E-state index in [1.54, 1.807) is 12.1 Å². The summed E-state index contributed by atoms with van der Waals surface area (Å²) in [4.78, 5) is 44.8. The van der Waals surface area contributed by atoms with Crippen LogP contribution < -0.4 is 0 Å². The lowest BCUT2D eigenvalue weighted by Gasteiger charge is -2.31. The van der Waals surface area contributed by atoms with Gasteiger partial charge in [-0.2, -0.15) is 0 Å². The predicted octanol–water partition coefficient (Wildman–Crippen LogP) is 2.18. The molecule has 2 heterocycles. The van der Waals surface area contributed by atoms with Gasteiger partial charge in [0.2, 0.25) is 17.7 Å². The Balaban J connectivity index is 1.64. The summed E-state index contributed by atoms with van der Waals surface area (Å²) in [7, 11) is 3.75. The molecule has 1 aliphatic carbocycles. The van der Waals surface area contributed by atoms with Gasteiger partial charge in [0, 0.05) is 38.5 Å². The molecular weight excluding hydrogens is 385 g/mol. The number of likely N-dealkylation sites (tertiary alicyclic amines) is 2. The van der Waals surface area contributed by atoms with Crippen LogP contribution in [-0.4, -0.2) is 72.2 Å². The molecule has 3 atom stereocenters. The van der Waals surface area contributed by atoms with Crippen molar-refractivity contribution < 1.29 is 18.8 Å². The van der Waals surface area contributed by atoms with Crippen LogP contribution in [0.1, 0.15) is 44.1 Å². The normalized spacial score (nSPS) is 28.7. The molecule has 4 rings (SSSR count). The number of nitrogens with zero attached hydrogens (tertiary/aromatic N) is 3. The van der Waals surface area contributed by atoms with E-state index in [-0.39, 0.29) is 43.1 Å². The average molecular weight is 416 g/mol. The van der Waals surface area contributed by atoms with Crippen molar-refractivity contribution in [2.75, 3.05) is 33.7 Å². The standard InChI is InChI=1S/C23H30FN3O3/c1-25(2)9-10-26-20(28)13-23(22(26)30,17-6-4-7-18(24)12-17)14-21(29)27-15-16-5-3-8-19(27)11-16/h4,6-7,12,16,19H,3,5,8-11,13-15H2,1-2H3/t16-,19-,23+/m0/s1. The maximum Gasteiger partial charge on any atom is 0.240 e. The third kappa shape index (κ3) is 3.75. The van der Waals surface area contributed by atoms with E-state index in [2.05, 4.69) is 0 Å². The zero-order chi connectivity index (χ0) is 21.5. The Labute approximate surface area is 177 Å². The molecule has 1 saturated carbocycles. The Morgan fingerprint density at radius 3 is 2.77 bits per heavy atom. The number of benzene rings is 1. The van der Waals surface area contributed by atoms with Gasteiger partial charge < -0.3 is 9.80 Å². The van der Waals surface area contributed by atoms with Gasteiger partial charge in [0.1, 0.15) is 5.82 Å². The summed E-state index contributed by atoms with van der Waals surface area (Å²) >= 11 is 0. The zero-order valence-corrected chi connectivity index (χ0v) is 17.8. The summed E-state index contributed by atoms with van der Waals surface area (Å²) in [5, 5.41) is 0. The molecule has 2 aliphatic heterocycles. The number of likely N-dealkylation sites (N-methyl/N-ethyl adjacent to an activating group) is 1. The van der Waals surface area contributed by atoms with Crippen LogP contribution in [0.15, 0.2) is 24.3 Å². The van der Waals surface area contributed by atoms with Crippen LogP contribution in [0.5, 0.6) is 0 Å². The summed E-state index contributed by atoms with van der Waals surface area (Å²) in [6, 6.07) is 6.06.